The summed E-state index contributed by atoms with van der Waals surface area (Å²) in [6.45, 7) is 2.56. The average molecular weight is 368 g/mol. The molecule has 1 aliphatic carbocycles. The third kappa shape index (κ3) is 2.44. The molecule has 5 rings (SSSR count). The molecule has 0 bridgehead atoms. The first-order chi connectivity index (χ1) is 13.0. The van der Waals surface area contributed by atoms with Crippen LogP contribution in [0.15, 0.2) is 18.2 Å². The zero-order valence-electron chi connectivity index (χ0n) is 14.7. The zero-order valence-corrected chi connectivity index (χ0v) is 14.7. The molecule has 1 aromatic carbocycles. The van der Waals surface area contributed by atoms with Crippen molar-refractivity contribution >= 4 is 23.6 Å². The van der Waals surface area contributed by atoms with Crippen molar-refractivity contribution in [3.63, 3.8) is 0 Å². The Hall–Kier alpha value is -2.58. The molecule has 1 saturated carbocycles. The SMILES string of the molecule is O=C1CCC(N2C(=O)c3cccc(CNC4CC45CNC5)c3C2=O)C(=O)N1. The summed E-state index contributed by atoms with van der Waals surface area (Å²) in [7, 11) is 0. The Bertz CT molecular complexity index is 892. The van der Waals surface area contributed by atoms with Gasteiger partial charge in [0.2, 0.25) is 11.8 Å². The molecule has 4 amide bonds. The molecule has 1 spiro atoms. The second-order valence-electron chi connectivity index (χ2n) is 7.89. The number of nitrogens with one attached hydrogen (secondary N) is 3. The van der Waals surface area contributed by atoms with Gasteiger partial charge in [0.25, 0.3) is 11.8 Å². The highest BCUT2D eigenvalue weighted by molar-refractivity contribution is 6.24. The van der Waals surface area contributed by atoms with Crippen LogP contribution in [0.1, 0.15) is 45.5 Å². The van der Waals surface area contributed by atoms with E-state index in [1.165, 1.54) is 0 Å². The fourth-order valence-corrected chi connectivity index (χ4v) is 4.44. The van der Waals surface area contributed by atoms with Crippen LogP contribution in [0.5, 0.6) is 0 Å². The van der Waals surface area contributed by atoms with Crippen LogP contribution in [-0.2, 0) is 16.1 Å². The highest BCUT2D eigenvalue weighted by Gasteiger charge is 2.57. The molecule has 0 aromatic heterocycles. The first-order valence-corrected chi connectivity index (χ1v) is 9.28. The number of carbonyl (C=O) groups is 4. The van der Waals surface area contributed by atoms with Gasteiger partial charge in [-0.15, -0.1) is 0 Å². The van der Waals surface area contributed by atoms with E-state index < -0.39 is 23.8 Å². The molecule has 2 atom stereocenters. The van der Waals surface area contributed by atoms with Crippen LogP contribution in [0.3, 0.4) is 0 Å². The highest BCUT2D eigenvalue weighted by atomic mass is 16.2. The van der Waals surface area contributed by atoms with E-state index in [4.69, 9.17) is 0 Å². The summed E-state index contributed by atoms with van der Waals surface area (Å²) < 4.78 is 0. The van der Waals surface area contributed by atoms with Crippen LogP contribution in [-0.4, -0.2) is 53.7 Å². The number of nitrogens with zero attached hydrogens (tertiary/aromatic N) is 1. The smallest absolute Gasteiger partial charge is 0.262 e. The Morgan fingerprint density at radius 2 is 1.96 bits per heavy atom. The van der Waals surface area contributed by atoms with Crippen molar-refractivity contribution in [3.05, 3.63) is 34.9 Å². The molecule has 3 fully saturated rings. The van der Waals surface area contributed by atoms with E-state index in [9.17, 15) is 19.2 Å². The Balaban J connectivity index is 1.37. The molecule has 8 heteroatoms. The Morgan fingerprint density at radius 3 is 2.63 bits per heavy atom. The largest absolute Gasteiger partial charge is 0.315 e. The lowest BCUT2D eigenvalue weighted by Gasteiger charge is -2.28. The summed E-state index contributed by atoms with van der Waals surface area (Å²) >= 11 is 0. The molecule has 4 aliphatic rings. The molecule has 1 aromatic rings. The fraction of sp³-hybridized carbons (Fsp3) is 0.474. The second kappa shape index (κ2) is 5.71. The third-order valence-corrected chi connectivity index (χ3v) is 6.24. The summed E-state index contributed by atoms with van der Waals surface area (Å²) in [5, 5.41) is 9.00. The molecule has 3 N–H and O–H groups in total. The van der Waals surface area contributed by atoms with E-state index in [-0.39, 0.29) is 18.7 Å². The number of benzene rings is 1. The number of rotatable bonds is 4. The minimum absolute atomic E-state index is 0.121. The van der Waals surface area contributed by atoms with Gasteiger partial charge in [-0.2, -0.15) is 0 Å². The molecule has 0 radical (unpaired) electrons. The number of amides is 4. The standard InChI is InChI=1S/C19H20N4O4/c24-14-5-4-12(16(25)22-14)23-17(26)11-3-1-2-10(15(11)18(23)27)7-21-13-6-19(13)8-20-9-19/h1-3,12-13,20-21H,4-9H2,(H,22,24,25). The van der Waals surface area contributed by atoms with Crippen LogP contribution in [0.2, 0.25) is 0 Å². The number of imide groups is 2. The first kappa shape index (κ1) is 16.6. The van der Waals surface area contributed by atoms with Gasteiger partial charge in [-0.1, -0.05) is 12.1 Å². The van der Waals surface area contributed by atoms with Crippen molar-refractivity contribution in [1.29, 1.82) is 0 Å². The number of piperidine rings is 1. The van der Waals surface area contributed by atoms with Crippen LogP contribution < -0.4 is 16.0 Å². The van der Waals surface area contributed by atoms with Gasteiger partial charge in [-0.05, 0) is 24.5 Å². The van der Waals surface area contributed by atoms with Gasteiger partial charge in [0.05, 0.1) is 11.1 Å². The van der Waals surface area contributed by atoms with Crippen molar-refractivity contribution < 1.29 is 19.2 Å². The predicted molar refractivity (Wildman–Crippen MR) is 93.7 cm³/mol. The number of hydrogen-bond donors (Lipinski definition) is 3. The maximum Gasteiger partial charge on any atom is 0.262 e. The molecular formula is C19H20N4O4. The highest BCUT2D eigenvalue weighted by Crippen LogP contribution is 2.49. The fourth-order valence-electron chi connectivity index (χ4n) is 4.44. The lowest BCUT2D eigenvalue weighted by Crippen LogP contribution is -2.54. The summed E-state index contributed by atoms with van der Waals surface area (Å²) in [6, 6.07) is 4.75. The van der Waals surface area contributed by atoms with Crippen LogP contribution in [0, 0.1) is 5.41 Å². The third-order valence-electron chi connectivity index (χ3n) is 6.24. The topological polar surface area (TPSA) is 108 Å². The van der Waals surface area contributed by atoms with Gasteiger partial charge in [0.1, 0.15) is 6.04 Å². The van der Waals surface area contributed by atoms with Crippen molar-refractivity contribution in [2.75, 3.05) is 13.1 Å². The van der Waals surface area contributed by atoms with Crippen molar-refractivity contribution in [2.24, 2.45) is 5.41 Å². The molecule has 2 saturated heterocycles. The molecule has 3 heterocycles. The summed E-state index contributed by atoms with van der Waals surface area (Å²) in [5.41, 5.74) is 1.85. The Kier molecular flexibility index (Phi) is 3.50. The monoisotopic (exact) mass is 368 g/mol. The van der Waals surface area contributed by atoms with Crippen LogP contribution in [0.25, 0.3) is 0 Å². The molecular weight excluding hydrogens is 348 g/mol. The minimum Gasteiger partial charge on any atom is -0.315 e. The van der Waals surface area contributed by atoms with Gasteiger partial charge in [-0.25, -0.2) is 0 Å². The summed E-state index contributed by atoms with van der Waals surface area (Å²) in [5.74, 6) is -1.87. The van der Waals surface area contributed by atoms with E-state index in [1.807, 2.05) is 6.07 Å². The number of hydrogen-bond acceptors (Lipinski definition) is 6. The van der Waals surface area contributed by atoms with Gasteiger partial charge in [0, 0.05) is 37.5 Å². The van der Waals surface area contributed by atoms with Crippen LogP contribution in [0.4, 0.5) is 0 Å². The van der Waals surface area contributed by atoms with E-state index in [0.717, 1.165) is 30.0 Å². The van der Waals surface area contributed by atoms with E-state index >= 15 is 0 Å². The molecule has 2 unspecified atom stereocenters. The molecule has 8 nitrogen and oxygen atoms in total. The lowest BCUT2D eigenvalue weighted by molar-refractivity contribution is -0.136. The van der Waals surface area contributed by atoms with Gasteiger partial charge in [0.15, 0.2) is 0 Å². The second-order valence-corrected chi connectivity index (χ2v) is 7.89. The quantitative estimate of drug-likeness (QED) is 0.621. The average Bonchev–Trinajstić information content (AvgIpc) is 3.31. The van der Waals surface area contributed by atoms with E-state index in [0.29, 0.717) is 29.1 Å². The number of carbonyl (C=O) groups excluding carboxylic acids is 4. The van der Waals surface area contributed by atoms with Gasteiger partial charge in [-0.3, -0.25) is 29.4 Å². The van der Waals surface area contributed by atoms with Crippen molar-refractivity contribution in [1.82, 2.24) is 20.9 Å². The van der Waals surface area contributed by atoms with Gasteiger partial charge >= 0.3 is 0 Å². The number of fused-ring (bicyclic) bond motifs is 1. The van der Waals surface area contributed by atoms with Crippen molar-refractivity contribution in [2.45, 2.75) is 37.9 Å². The zero-order chi connectivity index (χ0) is 18.8. The lowest BCUT2D eigenvalue weighted by atomic mass is 9.99. The molecule has 3 aliphatic heterocycles. The van der Waals surface area contributed by atoms with E-state index in [1.54, 1.807) is 12.1 Å². The summed E-state index contributed by atoms with van der Waals surface area (Å²) in [6.07, 6.45) is 1.42. The van der Waals surface area contributed by atoms with Gasteiger partial charge < -0.3 is 10.6 Å². The normalized spacial score (nSPS) is 28.2. The van der Waals surface area contributed by atoms with Crippen molar-refractivity contribution in [3.8, 4) is 0 Å². The molecule has 27 heavy (non-hydrogen) atoms. The predicted octanol–water partition coefficient (Wildman–Crippen LogP) is -0.461. The summed E-state index contributed by atoms with van der Waals surface area (Å²) in [4.78, 5) is 50.4. The minimum atomic E-state index is -0.927. The maximum absolute atomic E-state index is 13.0. The Morgan fingerprint density at radius 1 is 1.15 bits per heavy atom. The molecule has 140 valence electrons. The maximum atomic E-state index is 13.0. The van der Waals surface area contributed by atoms with E-state index in [2.05, 4.69) is 16.0 Å². The Labute approximate surface area is 155 Å². The van der Waals surface area contributed by atoms with Crippen LogP contribution >= 0.6 is 0 Å². The first-order valence-electron chi connectivity index (χ1n) is 9.28.